The fourth-order valence-electron chi connectivity index (χ4n) is 3.86. The minimum Gasteiger partial charge on any atom is -0.491 e. The second-order valence-electron chi connectivity index (χ2n) is 9.83. The average molecular weight is 591 g/mol. The van der Waals surface area contributed by atoms with Gasteiger partial charge in [0.1, 0.15) is 41.6 Å². The lowest BCUT2D eigenvalue weighted by atomic mass is 9.99. The summed E-state index contributed by atoms with van der Waals surface area (Å²) < 4.78 is 49.7. The number of benzene rings is 3. The van der Waals surface area contributed by atoms with E-state index in [9.17, 15) is 27.9 Å². The standard InChI is InChI=1S/C26H20ClF3N2O5.C4H10/c27-20-8-14(28)4-5-17(20)19-9-16(37-13-15(33)11-31-12-25(35)36)10-23-18(19)6-7-24(34)32(23)26-21(29)2-1-3-22(26)30;1-4(2)3/h1-10,15,31,33H,11-13H2,(H,35,36);4H,1-3H3. The molecule has 4 aromatic rings. The van der Waals surface area contributed by atoms with Crippen LogP contribution in [0.15, 0.2) is 65.5 Å². The molecule has 41 heavy (non-hydrogen) atoms. The molecular weight excluding hydrogens is 561 g/mol. The van der Waals surface area contributed by atoms with Crippen LogP contribution in [-0.2, 0) is 4.79 Å². The van der Waals surface area contributed by atoms with E-state index in [1.165, 1.54) is 36.4 Å². The highest BCUT2D eigenvalue weighted by atomic mass is 35.5. The molecule has 3 N–H and O–H groups in total. The van der Waals surface area contributed by atoms with E-state index in [0.717, 1.165) is 34.8 Å². The minimum absolute atomic E-state index is 0.0474. The van der Waals surface area contributed by atoms with E-state index in [1.54, 1.807) is 0 Å². The third-order valence-corrected chi connectivity index (χ3v) is 5.78. The summed E-state index contributed by atoms with van der Waals surface area (Å²) in [5.74, 6) is -2.67. The molecule has 11 heteroatoms. The van der Waals surface area contributed by atoms with Crippen LogP contribution in [0.1, 0.15) is 20.8 Å². The molecule has 0 radical (unpaired) electrons. The summed E-state index contributed by atoms with van der Waals surface area (Å²) in [5.41, 5.74) is -0.502. The van der Waals surface area contributed by atoms with E-state index in [4.69, 9.17) is 21.4 Å². The largest absolute Gasteiger partial charge is 0.491 e. The fraction of sp³-hybridized carbons (Fsp3) is 0.267. The van der Waals surface area contributed by atoms with E-state index in [1.807, 2.05) is 0 Å². The highest BCUT2D eigenvalue weighted by Gasteiger charge is 2.19. The zero-order valence-corrected chi connectivity index (χ0v) is 23.4. The van der Waals surface area contributed by atoms with Crippen molar-refractivity contribution >= 4 is 28.5 Å². The molecule has 3 aromatic carbocycles. The Labute approximate surface area is 239 Å². The van der Waals surface area contributed by atoms with Crippen LogP contribution in [-0.4, -0.2) is 46.5 Å². The molecule has 4 rings (SSSR count). The number of pyridine rings is 1. The van der Waals surface area contributed by atoms with Crippen LogP contribution < -0.4 is 15.6 Å². The number of aliphatic hydroxyl groups is 1. The summed E-state index contributed by atoms with van der Waals surface area (Å²) in [7, 11) is 0. The molecule has 0 aliphatic carbocycles. The van der Waals surface area contributed by atoms with E-state index >= 15 is 0 Å². The Kier molecular flexibility index (Phi) is 10.9. The molecule has 0 amide bonds. The maximum absolute atomic E-state index is 14.7. The number of fused-ring (bicyclic) bond motifs is 1. The Morgan fingerprint density at radius 2 is 1.66 bits per heavy atom. The molecule has 0 saturated carbocycles. The van der Waals surface area contributed by atoms with Gasteiger partial charge in [-0.15, -0.1) is 0 Å². The number of carboxylic acid groups (broad SMARTS) is 1. The van der Waals surface area contributed by atoms with Gasteiger partial charge in [-0.2, -0.15) is 0 Å². The lowest BCUT2D eigenvalue weighted by molar-refractivity contribution is -0.136. The van der Waals surface area contributed by atoms with Crippen LogP contribution in [0, 0.1) is 23.4 Å². The van der Waals surface area contributed by atoms with Crippen LogP contribution in [0.2, 0.25) is 5.02 Å². The first-order chi connectivity index (χ1) is 19.4. The number of aromatic nitrogens is 1. The SMILES string of the molecule is CC(C)C.O=C(O)CNCC(O)COc1cc(-c2ccc(F)cc2Cl)c2ccc(=O)n(-c3c(F)cccc3F)c2c1. The van der Waals surface area contributed by atoms with E-state index in [2.05, 4.69) is 26.1 Å². The molecule has 7 nitrogen and oxygen atoms in total. The molecular formula is C30H30ClF3N2O5. The quantitative estimate of drug-likeness (QED) is 0.228. The zero-order valence-electron chi connectivity index (χ0n) is 22.6. The van der Waals surface area contributed by atoms with Crippen molar-refractivity contribution in [3.8, 4) is 22.6 Å². The van der Waals surface area contributed by atoms with Gasteiger partial charge in [0.25, 0.3) is 5.56 Å². The van der Waals surface area contributed by atoms with Crippen molar-refractivity contribution in [1.29, 1.82) is 0 Å². The van der Waals surface area contributed by atoms with Crippen LogP contribution >= 0.6 is 11.6 Å². The Morgan fingerprint density at radius 3 is 2.27 bits per heavy atom. The number of nitrogens with zero attached hydrogens (tertiary/aromatic N) is 1. The Bertz CT molecular complexity index is 1570. The first-order valence-corrected chi connectivity index (χ1v) is 13.1. The Morgan fingerprint density at radius 1 is 1.00 bits per heavy atom. The monoisotopic (exact) mass is 590 g/mol. The third-order valence-electron chi connectivity index (χ3n) is 5.47. The number of hydrogen-bond donors (Lipinski definition) is 3. The molecule has 1 heterocycles. The third kappa shape index (κ3) is 8.32. The first kappa shape index (κ1) is 31.7. The predicted octanol–water partition coefficient (Wildman–Crippen LogP) is 5.80. The average Bonchev–Trinajstić information content (AvgIpc) is 2.87. The number of carboxylic acids is 1. The molecule has 0 aliphatic rings. The lowest BCUT2D eigenvalue weighted by Crippen LogP contribution is -2.34. The second kappa shape index (κ2) is 14.2. The van der Waals surface area contributed by atoms with Gasteiger partial charge in [0.05, 0.1) is 17.1 Å². The van der Waals surface area contributed by atoms with Gasteiger partial charge < -0.3 is 20.3 Å². The number of rotatable bonds is 9. The zero-order chi connectivity index (χ0) is 30.3. The van der Waals surface area contributed by atoms with Crippen molar-refractivity contribution in [3.63, 3.8) is 0 Å². The lowest BCUT2D eigenvalue weighted by Gasteiger charge is -2.18. The van der Waals surface area contributed by atoms with Gasteiger partial charge in [0.2, 0.25) is 0 Å². The smallest absolute Gasteiger partial charge is 0.317 e. The van der Waals surface area contributed by atoms with E-state index in [0.29, 0.717) is 16.5 Å². The van der Waals surface area contributed by atoms with E-state index < -0.39 is 40.8 Å². The molecule has 1 unspecified atom stereocenters. The van der Waals surface area contributed by atoms with Gasteiger partial charge in [0.15, 0.2) is 0 Å². The van der Waals surface area contributed by atoms with Gasteiger partial charge in [0, 0.05) is 29.6 Å². The number of halogens is 4. The maximum atomic E-state index is 14.7. The van der Waals surface area contributed by atoms with Gasteiger partial charge in [-0.3, -0.25) is 14.2 Å². The summed E-state index contributed by atoms with van der Waals surface area (Å²) in [6.07, 6.45) is -1.10. The van der Waals surface area contributed by atoms with Crippen molar-refractivity contribution in [2.24, 2.45) is 5.92 Å². The van der Waals surface area contributed by atoms with Crippen LogP contribution in [0.25, 0.3) is 27.7 Å². The summed E-state index contributed by atoms with van der Waals surface area (Å²) >= 11 is 6.30. The Hall–Kier alpha value is -3.86. The molecule has 0 fully saturated rings. The first-order valence-electron chi connectivity index (χ1n) is 12.7. The number of para-hydroxylation sites is 1. The van der Waals surface area contributed by atoms with Gasteiger partial charge >= 0.3 is 5.97 Å². The number of nitrogens with one attached hydrogen (secondary N) is 1. The van der Waals surface area contributed by atoms with Crippen molar-refractivity contribution in [1.82, 2.24) is 9.88 Å². The number of aliphatic carboxylic acids is 1. The summed E-state index contributed by atoms with van der Waals surface area (Å²) in [5, 5.41) is 21.8. The molecule has 0 bridgehead atoms. The maximum Gasteiger partial charge on any atom is 0.317 e. The number of ether oxygens (including phenoxy) is 1. The normalized spacial score (nSPS) is 11.7. The number of hydrogen-bond acceptors (Lipinski definition) is 5. The Balaban J connectivity index is 0.00000108. The molecule has 0 aliphatic heterocycles. The topological polar surface area (TPSA) is 101 Å². The predicted molar refractivity (Wildman–Crippen MR) is 152 cm³/mol. The van der Waals surface area contributed by atoms with Crippen LogP contribution in [0.4, 0.5) is 13.2 Å². The van der Waals surface area contributed by atoms with Gasteiger partial charge in [-0.1, -0.05) is 38.4 Å². The highest BCUT2D eigenvalue weighted by molar-refractivity contribution is 6.33. The minimum atomic E-state index is -1.10. The molecule has 1 atom stereocenters. The van der Waals surface area contributed by atoms with Crippen molar-refractivity contribution < 1.29 is 32.9 Å². The summed E-state index contributed by atoms with van der Waals surface area (Å²) in [6.45, 7) is 5.78. The summed E-state index contributed by atoms with van der Waals surface area (Å²) in [6, 6.07) is 12.4. The van der Waals surface area contributed by atoms with Crippen molar-refractivity contribution in [2.75, 3.05) is 19.7 Å². The highest BCUT2D eigenvalue weighted by Crippen LogP contribution is 2.37. The van der Waals surface area contributed by atoms with Crippen LogP contribution in [0.3, 0.4) is 0 Å². The number of carbonyl (C=O) groups is 1. The molecule has 1 aromatic heterocycles. The van der Waals surface area contributed by atoms with Crippen molar-refractivity contribution in [3.05, 3.63) is 93.5 Å². The van der Waals surface area contributed by atoms with Crippen LogP contribution in [0.5, 0.6) is 5.75 Å². The fourth-order valence-corrected chi connectivity index (χ4v) is 4.13. The second-order valence-corrected chi connectivity index (χ2v) is 10.2. The van der Waals surface area contributed by atoms with Crippen molar-refractivity contribution in [2.45, 2.75) is 26.9 Å². The van der Waals surface area contributed by atoms with Gasteiger partial charge in [-0.25, -0.2) is 13.2 Å². The number of aliphatic hydroxyl groups excluding tert-OH is 1. The molecule has 218 valence electrons. The molecule has 0 saturated heterocycles. The summed E-state index contributed by atoms with van der Waals surface area (Å²) in [4.78, 5) is 23.5. The molecule has 0 spiro atoms. The van der Waals surface area contributed by atoms with Gasteiger partial charge in [-0.05, 0) is 53.9 Å². The van der Waals surface area contributed by atoms with E-state index in [-0.39, 0.29) is 36.0 Å².